The second-order valence-electron chi connectivity index (χ2n) is 16.1. The molecule has 0 N–H and O–H groups in total. The maximum atomic E-state index is 17.3. The van der Waals surface area contributed by atoms with Crippen LogP contribution in [0, 0.1) is 5.82 Å². The van der Waals surface area contributed by atoms with E-state index in [0.29, 0.717) is 56.1 Å². The molecule has 55 heavy (non-hydrogen) atoms. The molecule has 3 atom stereocenters. The van der Waals surface area contributed by atoms with Crippen LogP contribution in [0.3, 0.4) is 0 Å². The molecule has 5 aliphatic rings. The summed E-state index contributed by atoms with van der Waals surface area (Å²) in [7, 11) is 0. The molecule has 1 amide bonds. The fourth-order valence-corrected chi connectivity index (χ4v) is 9.89. The van der Waals surface area contributed by atoms with Gasteiger partial charge in [-0.3, -0.25) is 14.8 Å². The lowest BCUT2D eigenvalue weighted by Crippen LogP contribution is -2.56. The van der Waals surface area contributed by atoms with E-state index in [1.807, 2.05) is 23.1 Å². The van der Waals surface area contributed by atoms with E-state index in [4.69, 9.17) is 33.9 Å². The first kappa shape index (κ1) is 36.5. The van der Waals surface area contributed by atoms with Crippen LogP contribution in [0.15, 0.2) is 42.6 Å². The minimum absolute atomic E-state index is 0.0184. The van der Waals surface area contributed by atoms with Crippen molar-refractivity contribution in [2.45, 2.75) is 108 Å². The Morgan fingerprint density at radius 2 is 1.78 bits per heavy atom. The van der Waals surface area contributed by atoms with Crippen molar-refractivity contribution in [1.82, 2.24) is 24.8 Å². The summed E-state index contributed by atoms with van der Waals surface area (Å²) in [6.45, 7) is 7.52. The van der Waals surface area contributed by atoms with E-state index in [2.05, 4.69) is 34.9 Å². The van der Waals surface area contributed by atoms with Crippen LogP contribution in [0.4, 0.5) is 15.0 Å². The van der Waals surface area contributed by atoms with Gasteiger partial charge >= 0.3 is 12.1 Å². The number of aromatic nitrogens is 3. The minimum Gasteiger partial charge on any atom is -0.461 e. The monoisotopic (exact) mass is 752 g/mol. The zero-order valence-corrected chi connectivity index (χ0v) is 32.0. The molecule has 292 valence electrons. The molecule has 0 aliphatic carbocycles. The summed E-state index contributed by atoms with van der Waals surface area (Å²) in [4.78, 5) is 34.5. The van der Waals surface area contributed by atoms with Gasteiger partial charge in [0.1, 0.15) is 23.6 Å². The Morgan fingerprint density at radius 3 is 2.55 bits per heavy atom. The van der Waals surface area contributed by atoms with Crippen molar-refractivity contribution in [3.63, 3.8) is 0 Å². The van der Waals surface area contributed by atoms with Crippen LogP contribution in [-0.2, 0) is 20.6 Å². The van der Waals surface area contributed by atoms with Gasteiger partial charge in [0.25, 0.3) is 0 Å². The Hall–Kier alpha value is -4.13. The molecular formula is C43H53FN6O5. The van der Waals surface area contributed by atoms with E-state index in [1.54, 1.807) is 6.20 Å². The second kappa shape index (κ2) is 15.8. The van der Waals surface area contributed by atoms with Crippen LogP contribution >= 0.6 is 0 Å². The van der Waals surface area contributed by atoms with E-state index in [9.17, 15) is 4.79 Å². The molecule has 11 nitrogen and oxygen atoms in total. The smallest absolute Gasteiger partial charge is 0.410 e. The average molecular weight is 753 g/mol. The number of unbranched alkanes of at least 4 members (excludes halogenated alkanes) is 1. The highest BCUT2D eigenvalue weighted by Crippen LogP contribution is 2.41. The Morgan fingerprint density at radius 1 is 0.982 bits per heavy atom. The Kier molecular flexibility index (Phi) is 10.5. The number of piperazine rings is 1. The number of ether oxygens (including phenoxy) is 4. The van der Waals surface area contributed by atoms with Crippen molar-refractivity contribution >= 4 is 33.6 Å². The van der Waals surface area contributed by atoms with Gasteiger partial charge in [0, 0.05) is 31.5 Å². The molecule has 0 spiro atoms. The molecule has 0 radical (unpaired) electrons. The maximum Gasteiger partial charge on any atom is 0.410 e. The molecule has 1 unspecified atom stereocenters. The van der Waals surface area contributed by atoms with Gasteiger partial charge in [0.2, 0.25) is 0 Å². The number of carbonyl (C=O) groups is 1. The predicted octanol–water partition coefficient (Wildman–Crippen LogP) is 7.67. The molecule has 12 heteroatoms. The standard InChI is InChI=1S/C43H53FN6O5/c1-2-3-22-54-42(51)50-31-15-16-32(50)27-48(26-31)40-34-25-45-38(37(44)39(34)46-41(47-40)55-28-43-18-8-20-49(43)21-9-19-43)33-13-7-12-29-10-6-11-30(36(29)33)17-24-53-35-14-4-5-23-52-35/h6-7,10-13,25,31-32,35H,2-5,8-9,14-24,26-28H2,1H3/t31-,32+,35?. The number of benzene rings is 2. The van der Waals surface area contributed by atoms with Gasteiger partial charge in [-0.2, -0.15) is 9.97 Å². The Labute approximate surface area is 322 Å². The van der Waals surface area contributed by atoms with Gasteiger partial charge in [-0.05, 0) is 100 Å². The summed E-state index contributed by atoms with van der Waals surface area (Å²) in [5, 5.41) is 2.50. The number of fused-ring (bicyclic) bond motifs is 5. The number of halogens is 1. The van der Waals surface area contributed by atoms with Crippen molar-refractivity contribution in [3.05, 3.63) is 54.0 Å². The van der Waals surface area contributed by atoms with E-state index in [1.165, 1.54) is 0 Å². The summed E-state index contributed by atoms with van der Waals surface area (Å²) >= 11 is 0. The van der Waals surface area contributed by atoms with Crippen LogP contribution in [-0.4, -0.2) is 107 Å². The van der Waals surface area contributed by atoms with Gasteiger partial charge in [-0.25, -0.2) is 9.18 Å². The zero-order valence-electron chi connectivity index (χ0n) is 32.0. The van der Waals surface area contributed by atoms with Crippen molar-refractivity contribution in [1.29, 1.82) is 0 Å². The lowest BCUT2D eigenvalue weighted by Gasteiger charge is -2.41. The predicted molar refractivity (Wildman–Crippen MR) is 209 cm³/mol. The molecule has 5 fully saturated rings. The first-order valence-electron chi connectivity index (χ1n) is 20.7. The van der Waals surface area contributed by atoms with Gasteiger partial charge in [-0.1, -0.05) is 49.7 Å². The van der Waals surface area contributed by atoms with E-state index >= 15 is 4.39 Å². The molecule has 5 saturated heterocycles. The van der Waals surface area contributed by atoms with Crippen LogP contribution < -0.4 is 9.64 Å². The van der Waals surface area contributed by atoms with E-state index in [-0.39, 0.29) is 47.2 Å². The fourth-order valence-electron chi connectivity index (χ4n) is 9.89. The minimum atomic E-state index is -0.497. The summed E-state index contributed by atoms with van der Waals surface area (Å²) in [6.07, 6.45) is 13.1. The van der Waals surface area contributed by atoms with Gasteiger partial charge in [-0.15, -0.1) is 0 Å². The highest BCUT2D eigenvalue weighted by molar-refractivity contribution is 6.00. The number of carbonyl (C=O) groups excluding carboxylic acids is 1. The molecular weight excluding hydrogens is 700 g/mol. The zero-order chi connectivity index (χ0) is 37.4. The molecule has 2 aromatic heterocycles. The number of nitrogens with zero attached hydrogens (tertiary/aromatic N) is 6. The normalized spacial score (nSPS) is 23.5. The highest BCUT2D eigenvalue weighted by atomic mass is 19.1. The quantitative estimate of drug-likeness (QED) is 0.134. The highest BCUT2D eigenvalue weighted by Gasteiger charge is 2.46. The number of anilines is 1. The van der Waals surface area contributed by atoms with Crippen LogP contribution in [0.5, 0.6) is 6.01 Å². The summed E-state index contributed by atoms with van der Waals surface area (Å²) in [5.74, 6) is 0.101. The van der Waals surface area contributed by atoms with Crippen molar-refractivity contribution in [2.24, 2.45) is 0 Å². The number of hydrogen-bond acceptors (Lipinski definition) is 10. The average Bonchev–Trinajstić information content (AvgIpc) is 3.88. The molecule has 7 heterocycles. The van der Waals surface area contributed by atoms with Gasteiger partial charge < -0.3 is 23.8 Å². The largest absolute Gasteiger partial charge is 0.461 e. The lowest BCUT2D eigenvalue weighted by molar-refractivity contribution is -0.161. The maximum absolute atomic E-state index is 17.3. The number of amides is 1. The third kappa shape index (κ3) is 7.10. The van der Waals surface area contributed by atoms with Gasteiger partial charge in [0.15, 0.2) is 12.1 Å². The van der Waals surface area contributed by atoms with Crippen molar-refractivity contribution in [3.8, 4) is 17.3 Å². The first-order chi connectivity index (χ1) is 27.0. The van der Waals surface area contributed by atoms with Crippen molar-refractivity contribution < 1.29 is 28.1 Å². The fraction of sp³-hybridized carbons (Fsp3) is 0.581. The second-order valence-corrected chi connectivity index (χ2v) is 16.1. The van der Waals surface area contributed by atoms with Crippen LogP contribution in [0.1, 0.15) is 83.1 Å². The molecule has 9 rings (SSSR count). The van der Waals surface area contributed by atoms with Crippen molar-refractivity contribution in [2.75, 3.05) is 57.5 Å². The lowest BCUT2D eigenvalue weighted by atomic mass is 9.95. The summed E-state index contributed by atoms with van der Waals surface area (Å²) in [6, 6.07) is 12.3. The number of pyridine rings is 1. The number of rotatable bonds is 12. The van der Waals surface area contributed by atoms with E-state index in [0.717, 1.165) is 107 Å². The molecule has 2 bridgehead atoms. The SMILES string of the molecule is CCCCOC(=O)N1[C@@H]2CC[C@H]1CN(c1nc(OCC34CCCN3CCC4)nc3c(F)c(-c4cccc5cccc(CCOC6CCCCO6)c45)ncc13)C2. The summed E-state index contributed by atoms with van der Waals surface area (Å²) < 4.78 is 41.4. The van der Waals surface area contributed by atoms with E-state index < -0.39 is 5.82 Å². The third-order valence-electron chi connectivity index (χ3n) is 12.7. The molecule has 2 aromatic carbocycles. The van der Waals surface area contributed by atoms with Gasteiger partial charge in [0.05, 0.1) is 36.2 Å². The first-order valence-corrected chi connectivity index (χ1v) is 20.7. The Balaban J connectivity index is 1.06. The van der Waals surface area contributed by atoms with Crippen LogP contribution in [0.25, 0.3) is 32.9 Å². The summed E-state index contributed by atoms with van der Waals surface area (Å²) in [5.41, 5.74) is 2.20. The third-order valence-corrected chi connectivity index (χ3v) is 12.7. The number of hydrogen-bond donors (Lipinski definition) is 0. The van der Waals surface area contributed by atoms with Crippen LogP contribution in [0.2, 0.25) is 0 Å². The molecule has 4 aromatic rings. The molecule has 0 saturated carbocycles. The molecule has 5 aliphatic heterocycles. The topological polar surface area (TPSA) is 102 Å². The Bertz CT molecular complexity index is 2000.